The first-order chi connectivity index (χ1) is 7.45. The molecule has 98 valence electrons. The van der Waals surface area contributed by atoms with Gasteiger partial charge in [0.1, 0.15) is 12.2 Å². The molecule has 3 unspecified atom stereocenters. The van der Waals surface area contributed by atoms with Crippen LogP contribution in [-0.2, 0) is 13.8 Å². The Morgan fingerprint density at radius 2 is 1.88 bits per heavy atom. The number of hydrogen-bond acceptors (Lipinski definition) is 7. The molecule has 0 aromatic rings. The van der Waals surface area contributed by atoms with Crippen LogP contribution in [0.4, 0.5) is 0 Å². The van der Waals surface area contributed by atoms with Crippen LogP contribution in [0.1, 0.15) is 0 Å². The first-order valence-electron chi connectivity index (χ1n) is 4.63. The normalized spacial score (nSPS) is 19.1. The molecule has 0 bridgehead atoms. The molecule has 0 aromatic carbocycles. The minimum absolute atomic E-state index is 0.158. The van der Waals surface area contributed by atoms with Gasteiger partial charge in [-0.25, -0.2) is 0 Å². The number of nitrogens with two attached hydrogens (primary N) is 1. The molecule has 8 nitrogen and oxygen atoms in total. The number of aliphatic hydroxyl groups is 3. The molecule has 0 radical (unpaired) electrons. The van der Waals surface area contributed by atoms with Crippen LogP contribution in [0, 0.1) is 0 Å². The monoisotopic (exact) mass is 259 g/mol. The maximum atomic E-state index is 11.1. The summed E-state index contributed by atoms with van der Waals surface area (Å²) < 4.78 is 20.5. The van der Waals surface area contributed by atoms with E-state index in [0.717, 1.165) is 0 Å². The Labute approximate surface area is 93.1 Å². The summed E-state index contributed by atoms with van der Waals surface area (Å²) in [4.78, 5) is 9.03. The molecular weight excluding hydrogens is 241 g/mol. The van der Waals surface area contributed by atoms with Crippen LogP contribution in [0.2, 0.25) is 0 Å². The van der Waals surface area contributed by atoms with Gasteiger partial charge in [0.15, 0.2) is 0 Å². The van der Waals surface area contributed by atoms with Crippen molar-refractivity contribution < 1.29 is 34.0 Å². The minimum Gasteiger partial charge on any atom is -0.394 e. The van der Waals surface area contributed by atoms with Gasteiger partial charge >= 0.3 is 7.60 Å². The van der Waals surface area contributed by atoms with E-state index in [4.69, 9.17) is 30.7 Å². The first-order valence-corrected chi connectivity index (χ1v) is 6.39. The van der Waals surface area contributed by atoms with E-state index in [9.17, 15) is 4.57 Å². The van der Waals surface area contributed by atoms with E-state index in [2.05, 4.69) is 4.52 Å². The maximum absolute atomic E-state index is 11.1. The Kier molecular flexibility index (Phi) is 8.08. The molecule has 6 N–H and O–H groups in total. The second-order valence-electron chi connectivity index (χ2n) is 3.10. The highest BCUT2D eigenvalue weighted by Crippen LogP contribution is 2.40. The van der Waals surface area contributed by atoms with Gasteiger partial charge < -0.3 is 30.7 Å². The fourth-order valence-electron chi connectivity index (χ4n) is 0.781. The molecule has 0 aliphatic carbocycles. The lowest BCUT2D eigenvalue weighted by molar-refractivity contribution is -0.0314. The number of hydrogen-bond donors (Lipinski definition) is 5. The Hall–Kier alpha value is -0.0500. The summed E-state index contributed by atoms with van der Waals surface area (Å²) in [5, 5.41) is 26.2. The van der Waals surface area contributed by atoms with Gasteiger partial charge in [-0.1, -0.05) is 0 Å². The Morgan fingerprint density at radius 3 is 2.31 bits per heavy atom. The molecule has 0 aliphatic heterocycles. The van der Waals surface area contributed by atoms with E-state index in [1.807, 2.05) is 0 Å². The summed E-state index contributed by atoms with van der Waals surface area (Å²) in [6, 6.07) is 0. The minimum atomic E-state index is -3.89. The van der Waals surface area contributed by atoms with Gasteiger partial charge in [0, 0.05) is 0 Å². The van der Waals surface area contributed by atoms with Crippen molar-refractivity contribution >= 4 is 7.60 Å². The summed E-state index contributed by atoms with van der Waals surface area (Å²) in [7, 11) is -3.89. The topological polar surface area (TPSA) is 142 Å². The predicted molar refractivity (Wildman–Crippen MR) is 54.8 cm³/mol. The summed E-state index contributed by atoms with van der Waals surface area (Å²) in [6.07, 6.45) is -2.58. The van der Waals surface area contributed by atoms with E-state index in [1.165, 1.54) is 0 Å². The van der Waals surface area contributed by atoms with Gasteiger partial charge in [-0.2, -0.15) is 0 Å². The Bertz CT molecular complexity index is 227. The zero-order valence-corrected chi connectivity index (χ0v) is 9.62. The summed E-state index contributed by atoms with van der Waals surface area (Å²) in [5.74, 6) is 0. The number of rotatable bonds is 9. The largest absolute Gasteiger partial charge is 0.394 e. The lowest BCUT2D eigenvalue weighted by atomic mass is 10.4. The molecule has 0 spiro atoms. The van der Waals surface area contributed by atoms with Crippen LogP contribution in [0.25, 0.3) is 0 Å². The van der Waals surface area contributed by atoms with Gasteiger partial charge in [0.05, 0.1) is 32.7 Å². The Morgan fingerprint density at radius 1 is 1.25 bits per heavy atom. The van der Waals surface area contributed by atoms with Crippen molar-refractivity contribution in [3.05, 3.63) is 0 Å². The van der Waals surface area contributed by atoms with Crippen LogP contribution in [0.3, 0.4) is 0 Å². The third kappa shape index (κ3) is 7.26. The average Bonchev–Trinajstić information content (AvgIpc) is 2.27. The molecule has 9 heteroatoms. The zero-order chi connectivity index (χ0) is 12.6. The van der Waals surface area contributed by atoms with Crippen molar-refractivity contribution in [2.75, 3.05) is 32.7 Å². The molecule has 0 aromatic heterocycles. The lowest BCUT2D eigenvalue weighted by Crippen LogP contribution is -2.27. The lowest BCUT2D eigenvalue weighted by Gasteiger charge is -2.19. The molecule has 0 aliphatic rings. The molecule has 0 heterocycles. The second-order valence-corrected chi connectivity index (χ2v) is 4.95. The van der Waals surface area contributed by atoms with Crippen LogP contribution < -0.4 is 5.73 Å². The fourth-order valence-corrected chi connectivity index (χ4v) is 1.46. The predicted octanol–water partition coefficient (Wildman–Crippen LogP) is -2.16. The molecule has 16 heavy (non-hydrogen) atoms. The van der Waals surface area contributed by atoms with Crippen molar-refractivity contribution in [3.63, 3.8) is 0 Å². The highest BCUT2D eigenvalue weighted by atomic mass is 31.2. The zero-order valence-electron chi connectivity index (χ0n) is 8.73. The Balaban J connectivity index is 3.88. The molecule has 0 saturated carbocycles. The average molecular weight is 259 g/mol. The SMILES string of the molecule is NCP(=O)(O)OC(CO)COCC(O)CO. The third-order valence-electron chi connectivity index (χ3n) is 1.57. The second kappa shape index (κ2) is 8.10. The van der Waals surface area contributed by atoms with E-state index < -0.39 is 39.3 Å². The number of aliphatic hydroxyl groups excluding tert-OH is 3. The van der Waals surface area contributed by atoms with Gasteiger partial charge in [0.2, 0.25) is 0 Å². The summed E-state index contributed by atoms with van der Waals surface area (Å²) in [5.41, 5.74) is 4.97. The third-order valence-corrected chi connectivity index (χ3v) is 2.66. The van der Waals surface area contributed by atoms with Crippen LogP contribution in [0.5, 0.6) is 0 Å². The smallest absolute Gasteiger partial charge is 0.341 e. The highest BCUT2D eigenvalue weighted by Gasteiger charge is 2.23. The molecule has 3 atom stereocenters. The summed E-state index contributed by atoms with van der Waals surface area (Å²) >= 11 is 0. The van der Waals surface area contributed by atoms with Crippen molar-refractivity contribution in [3.8, 4) is 0 Å². The first kappa shape index (κ1) is 16.0. The highest BCUT2D eigenvalue weighted by molar-refractivity contribution is 7.52. The van der Waals surface area contributed by atoms with E-state index in [0.29, 0.717) is 0 Å². The van der Waals surface area contributed by atoms with E-state index in [-0.39, 0.29) is 13.2 Å². The maximum Gasteiger partial charge on any atom is 0.341 e. The molecule has 0 fully saturated rings. The quantitative estimate of drug-likeness (QED) is 0.294. The molecule has 0 amide bonds. The standard InChI is InChI=1S/C7H18NO7P/c8-5-16(12,13)15-7(2-10)4-14-3-6(11)1-9/h6-7,9-11H,1-5,8H2,(H,12,13). The van der Waals surface area contributed by atoms with Crippen molar-refractivity contribution in [2.45, 2.75) is 12.2 Å². The van der Waals surface area contributed by atoms with Gasteiger partial charge in [-0.15, -0.1) is 0 Å². The van der Waals surface area contributed by atoms with Crippen molar-refractivity contribution in [1.82, 2.24) is 0 Å². The van der Waals surface area contributed by atoms with Gasteiger partial charge in [-0.05, 0) is 0 Å². The molecule has 0 saturated heterocycles. The van der Waals surface area contributed by atoms with Crippen LogP contribution >= 0.6 is 7.60 Å². The van der Waals surface area contributed by atoms with Crippen LogP contribution in [-0.4, -0.2) is 65.1 Å². The van der Waals surface area contributed by atoms with Crippen LogP contribution in [0.15, 0.2) is 0 Å². The van der Waals surface area contributed by atoms with E-state index in [1.54, 1.807) is 0 Å². The van der Waals surface area contributed by atoms with Gasteiger partial charge in [-0.3, -0.25) is 9.09 Å². The summed E-state index contributed by atoms with van der Waals surface area (Å²) in [6.45, 7) is -1.31. The molecular formula is C7H18NO7P. The van der Waals surface area contributed by atoms with E-state index >= 15 is 0 Å². The van der Waals surface area contributed by atoms with Crippen molar-refractivity contribution in [2.24, 2.45) is 5.73 Å². The van der Waals surface area contributed by atoms with Crippen molar-refractivity contribution in [1.29, 1.82) is 0 Å². The van der Waals surface area contributed by atoms with Gasteiger partial charge in [0.25, 0.3) is 0 Å². The molecule has 0 rings (SSSR count). The number of ether oxygens (including phenoxy) is 1. The fraction of sp³-hybridized carbons (Fsp3) is 1.00.